The largest absolute Gasteiger partial charge is 0.387 e. The molecule has 15 heavy (non-hydrogen) atoms. The fourth-order valence-corrected chi connectivity index (χ4v) is 1.43. The molecule has 0 heterocycles. The van der Waals surface area contributed by atoms with Crippen LogP contribution in [0.25, 0.3) is 0 Å². The topological polar surface area (TPSA) is 32.3 Å². The number of amides is 1. The first kappa shape index (κ1) is 11.9. The van der Waals surface area contributed by atoms with Crippen molar-refractivity contribution >= 4 is 23.2 Å². The summed E-state index contributed by atoms with van der Waals surface area (Å²) >= 11 is 5.87. The van der Waals surface area contributed by atoms with E-state index >= 15 is 0 Å². The normalized spacial score (nSPS) is 9.87. The summed E-state index contributed by atoms with van der Waals surface area (Å²) in [6.45, 7) is 2.61. The Bertz CT molecular complexity index is 366. The Kier molecular flexibility index (Phi) is 3.97. The second-order valence-electron chi connectivity index (χ2n) is 3.26. The lowest BCUT2D eigenvalue weighted by Crippen LogP contribution is -2.26. The summed E-state index contributed by atoms with van der Waals surface area (Å²) in [5.41, 5.74) is 1.40. The van der Waals surface area contributed by atoms with E-state index in [0.717, 1.165) is 5.69 Å². The highest BCUT2D eigenvalue weighted by Gasteiger charge is 2.14. The monoisotopic (exact) mass is 226 g/mol. The average molecular weight is 227 g/mol. The molecule has 0 aliphatic heterocycles. The molecule has 1 N–H and O–H groups in total. The second kappa shape index (κ2) is 5.03. The van der Waals surface area contributed by atoms with Gasteiger partial charge in [0, 0.05) is 31.4 Å². The molecule has 0 bridgehead atoms. The molecule has 0 aliphatic rings. The lowest BCUT2D eigenvalue weighted by molar-refractivity contribution is 0.0803. The van der Waals surface area contributed by atoms with Crippen LogP contribution in [0.4, 0.5) is 5.69 Å². The predicted molar refractivity (Wildman–Crippen MR) is 63.6 cm³/mol. The van der Waals surface area contributed by atoms with Crippen LogP contribution in [0, 0.1) is 0 Å². The zero-order chi connectivity index (χ0) is 11.4. The quantitative estimate of drug-likeness (QED) is 0.859. The van der Waals surface area contributed by atoms with Crippen molar-refractivity contribution in [3.8, 4) is 0 Å². The van der Waals surface area contributed by atoms with Gasteiger partial charge in [0.05, 0.1) is 5.56 Å². The lowest BCUT2D eigenvalue weighted by Gasteiger charge is -2.17. The highest BCUT2D eigenvalue weighted by Crippen LogP contribution is 2.21. The van der Waals surface area contributed by atoms with Crippen molar-refractivity contribution in [1.82, 2.24) is 4.90 Å². The molecule has 1 rings (SSSR count). The first-order valence-electron chi connectivity index (χ1n) is 4.83. The molecule has 0 unspecified atom stereocenters. The molecule has 1 amide bonds. The summed E-state index contributed by atoms with van der Waals surface area (Å²) in [6, 6.07) is 5.25. The van der Waals surface area contributed by atoms with Gasteiger partial charge in [-0.1, -0.05) is 11.6 Å². The Labute approximate surface area is 95.0 Å². The van der Waals surface area contributed by atoms with Gasteiger partial charge in [0.1, 0.15) is 0 Å². The summed E-state index contributed by atoms with van der Waals surface area (Å²) < 4.78 is 0. The van der Waals surface area contributed by atoms with Crippen molar-refractivity contribution in [3.05, 3.63) is 28.8 Å². The van der Waals surface area contributed by atoms with Crippen molar-refractivity contribution < 1.29 is 4.79 Å². The number of hydrogen-bond donors (Lipinski definition) is 1. The molecule has 0 aliphatic carbocycles. The number of carbonyl (C=O) groups excluding carboxylic acids is 1. The fourth-order valence-electron chi connectivity index (χ4n) is 1.26. The van der Waals surface area contributed by atoms with E-state index in [4.69, 9.17) is 11.6 Å². The van der Waals surface area contributed by atoms with Crippen LogP contribution in [0.2, 0.25) is 5.02 Å². The van der Waals surface area contributed by atoms with Gasteiger partial charge in [-0.25, -0.2) is 0 Å². The van der Waals surface area contributed by atoms with Crippen LogP contribution in [0.3, 0.4) is 0 Å². The van der Waals surface area contributed by atoms with Crippen LogP contribution in [-0.2, 0) is 0 Å². The fraction of sp³-hybridized carbons (Fsp3) is 0.364. The molecule has 0 aromatic heterocycles. The van der Waals surface area contributed by atoms with Gasteiger partial charge in [0.25, 0.3) is 5.91 Å². The lowest BCUT2D eigenvalue weighted by atomic mass is 10.1. The molecule has 0 radical (unpaired) electrons. The number of nitrogens with one attached hydrogen (secondary N) is 1. The summed E-state index contributed by atoms with van der Waals surface area (Å²) in [7, 11) is 3.55. The maximum absolute atomic E-state index is 11.9. The molecular weight excluding hydrogens is 212 g/mol. The Morgan fingerprint density at radius 3 is 2.73 bits per heavy atom. The van der Waals surface area contributed by atoms with E-state index < -0.39 is 0 Å². The van der Waals surface area contributed by atoms with Crippen molar-refractivity contribution in [2.75, 3.05) is 26.0 Å². The number of halogens is 1. The third-order valence-corrected chi connectivity index (χ3v) is 2.54. The molecule has 0 saturated carbocycles. The van der Waals surface area contributed by atoms with Crippen molar-refractivity contribution in [2.45, 2.75) is 6.92 Å². The van der Waals surface area contributed by atoms with Crippen LogP contribution in [0.5, 0.6) is 0 Å². The van der Waals surface area contributed by atoms with Crippen LogP contribution in [0.1, 0.15) is 17.3 Å². The first-order chi connectivity index (χ1) is 7.10. The van der Waals surface area contributed by atoms with E-state index in [-0.39, 0.29) is 5.91 Å². The second-order valence-corrected chi connectivity index (χ2v) is 3.70. The standard InChI is InChI=1S/C11H15ClN2O/c1-4-14(3)11(15)9-7-8(12)5-6-10(9)13-2/h5-7,13H,4H2,1-3H3. The van der Waals surface area contributed by atoms with Gasteiger partial charge in [-0.3, -0.25) is 4.79 Å². The number of nitrogens with zero attached hydrogens (tertiary/aromatic N) is 1. The highest BCUT2D eigenvalue weighted by molar-refractivity contribution is 6.31. The third kappa shape index (κ3) is 2.63. The van der Waals surface area contributed by atoms with Gasteiger partial charge in [-0.05, 0) is 25.1 Å². The minimum Gasteiger partial charge on any atom is -0.387 e. The van der Waals surface area contributed by atoms with E-state index in [1.54, 1.807) is 37.2 Å². The summed E-state index contributed by atoms with van der Waals surface area (Å²) in [5.74, 6) is -0.0237. The number of benzene rings is 1. The third-order valence-electron chi connectivity index (χ3n) is 2.30. The van der Waals surface area contributed by atoms with Gasteiger partial charge in [0.2, 0.25) is 0 Å². The number of anilines is 1. The molecule has 4 heteroatoms. The molecule has 82 valence electrons. The van der Waals surface area contributed by atoms with E-state index in [1.807, 2.05) is 6.92 Å². The van der Waals surface area contributed by atoms with Gasteiger partial charge < -0.3 is 10.2 Å². The van der Waals surface area contributed by atoms with Crippen LogP contribution in [-0.4, -0.2) is 31.4 Å². The Morgan fingerprint density at radius 1 is 1.53 bits per heavy atom. The van der Waals surface area contributed by atoms with Crippen molar-refractivity contribution in [3.63, 3.8) is 0 Å². The van der Waals surface area contributed by atoms with Gasteiger partial charge in [-0.15, -0.1) is 0 Å². The van der Waals surface area contributed by atoms with Gasteiger partial charge in [-0.2, -0.15) is 0 Å². The molecular formula is C11H15ClN2O. The van der Waals surface area contributed by atoms with E-state index in [2.05, 4.69) is 5.32 Å². The summed E-state index contributed by atoms with van der Waals surface area (Å²) in [6.07, 6.45) is 0. The molecule has 0 atom stereocenters. The minimum absolute atomic E-state index is 0.0237. The predicted octanol–water partition coefficient (Wildman–Crippen LogP) is 2.47. The van der Waals surface area contributed by atoms with E-state index in [0.29, 0.717) is 17.1 Å². The smallest absolute Gasteiger partial charge is 0.255 e. The van der Waals surface area contributed by atoms with E-state index in [1.165, 1.54) is 0 Å². The number of rotatable bonds is 3. The minimum atomic E-state index is -0.0237. The summed E-state index contributed by atoms with van der Waals surface area (Å²) in [4.78, 5) is 13.6. The SMILES string of the molecule is CCN(C)C(=O)c1cc(Cl)ccc1NC. The molecule has 3 nitrogen and oxygen atoms in total. The molecule has 1 aromatic rings. The Balaban J connectivity index is 3.11. The van der Waals surface area contributed by atoms with Gasteiger partial charge >= 0.3 is 0 Å². The van der Waals surface area contributed by atoms with Crippen molar-refractivity contribution in [1.29, 1.82) is 0 Å². The van der Waals surface area contributed by atoms with Gasteiger partial charge in [0.15, 0.2) is 0 Å². The maximum atomic E-state index is 11.9. The zero-order valence-corrected chi connectivity index (χ0v) is 9.93. The Morgan fingerprint density at radius 2 is 2.20 bits per heavy atom. The van der Waals surface area contributed by atoms with Crippen molar-refractivity contribution in [2.24, 2.45) is 0 Å². The molecule has 0 saturated heterocycles. The number of hydrogen-bond acceptors (Lipinski definition) is 2. The maximum Gasteiger partial charge on any atom is 0.255 e. The van der Waals surface area contributed by atoms with Crippen LogP contribution in [0.15, 0.2) is 18.2 Å². The summed E-state index contributed by atoms with van der Waals surface area (Å²) in [5, 5.41) is 3.55. The van der Waals surface area contributed by atoms with Crippen LogP contribution >= 0.6 is 11.6 Å². The molecule has 1 aromatic carbocycles. The molecule has 0 spiro atoms. The molecule has 0 fully saturated rings. The van der Waals surface area contributed by atoms with Crippen LogP contribution < -0.4 is 5.32 Å². The average Bonchev–Trinajstić information content (AvgIpc) is 2.27. The van der Waals surface area contributed by atoms with E-state index in [9.17, 15) is 4.79 Å². The first-order valence-corrected chi connectivity index (χ1v) is 5.20. The zero-order valence-electron chi connectivity index (χ0n) is 9.17. The number of carbonyl (C=O) groups is 1. The Hall–Kier alpha value is -1.22. The highest BCUT2D eigenvalue weighted by atomic mass is 35.5.